The molecule has 3 aliphatic heterocycles. The van der Waals surface area contributed by atoms with E-state index in [0.717, 1.165) is 13.1 Å². The summed E-state index contributed by atoms with van der Waals surface area (Å²) in [6, 6.07) is 7.74. The maximum absolute atomic E-state index is 15.9. The van der Waals surface area contributed by atoms with Gasteiger partial charge in [0.1, 0.15) is 17.6 Å². The summed E-state index contributed by atoms with van der Waals surface area (Å²) >= 11 is 0. The Morgan fingerprint density at radius 3 is 2.59 bits per heavy atom. The lowest BCUT2D eigenvalue weighted by molar-refractivity contribution is -0.153. The van der Waals surface area contributed by atoms with Crippen molar-refractivity contribution in [2.75, 3.05) is 18.5 Å². The summed E-state index contributed by atoms with van der Waals surface area (Å²) in [6.45, 7) is 2.04. The minimum Gasteiger partial charge on any atom is -0.441 e. The summed E-state index contributed by atoms with van der Waals surface area (Å²) < 4.78 is 67.7. The van der Waals surface area contributed by atoms with E-state index in [1.54, 1.807) is 18.2 Å². The third-order valence-corrected chi connectivity index (χ3v) is 7.80. The molecule has 0 spiro atoms. The largest absolute Gasteiger partial charge is 0.459 e. The molecular weight excluding hydrogens is 517 g/mol. The lowest BCUT2D eigenvalue weighted by atomic mass is 9.80. The predicted octanol–water partition coefficient (Wildman–Crippen LogP) is 2.27. The van der Waals surface area contributed by atoms with Gasteiger partial charge in [-0.1, -0.05) is 18.2 Å². The second-order valence-corrected chi connectivity index (χ2v) is 10.6. The van der Waals surface area contributed by atoms with Crippen LogP contribution in [0.1, 0.15) is 27.0 Å². The van der Waals surface area contributed by atoms with Crippen molar-refractivity contribution in [3.63, 3.8) is 0 Å². The summed E-state index contributed by atoms with van der Waals surface area (Å²) in [6.07, 6.45) is -3.63. The third-order valence-electron chi connectivity index (χ3n) is 6.18. The number of para-hydroxylation sites is 1. The number of hydrogen-bond acceptors (Lipinski definition) is 10. The summed E-state index contributed by atoms with van der Waals surface area (Å²) in [4.78, 5) is 29.0. The summed E-state index contributed by atoms with van der Waals surface area (Å²) in [7, 11) is -4.50. The fourth-order valence-corrected chi connectivity index (χ4v) is 5.56. The van der Waals surface area contributed by atoms with Crippen molar-refractivity contribution in [3.8, 4) is 5.75 Å². The zero-order valence-electron chi connectivity index (χ0n) is 20.2. The molecule has 12 nitrogen and oxygen atoms in total. The Morgan fingerprint density at radius 2 is 1.95 bits per heavy atom. The molecule has 6 atom stereocenters. The van der Waals surface area contributed by atoms with Gasteiger partial charge in [-0.2, -0.15) is 10.1 Å². The number of carbonyl (C=O) groups excluding carboxylic acids is 1. The lowest BCUT2D eigenvalue weighted by Gasteiger charge is -2.35. The van der Waals surface area contributed by atoms with Gasteiger partial charge in [-0.25, -0.2) is 18.1 Å². The van der Waals surface area contributed by atoms with Crippen LogP contribution >= 0.6 is 7.75 Å². The SMILES string of the molecule is CC1Nc2ccn(c(=O)n2)[C@H]2O[C@H](CO)C(C)(COP(=O)(Oc3ccccc3)N[C@@H](C)C(=O)O1)C2(F)F. The molecule has 2 aromatic rings. The van der Waals surface area contributed by atoms with Crippen molar-refractivity contribution < 1.29 is 41.8 Å². The topological polar surface area (TPSA) is 150 Å². The number of aliphatic hydroxyl groups is 1. The van der Waals surface area contributed by atoms with Gasteiger partial charge < -0.3 is 24.4 Å². The molecule has 3 unspecified atom stereocenters. The minimum absolute atomic E-state index is 0.0431. The number of fused-ring (bicyclic) bond motifs is 10. The molecular formula is C22H27F2N4O8P. The number of anilines is 1. The monoisotopic (exact) mass is 544 g/mol. The number of esters is 1. The smallest absolute Gasteiger partial charge is 0.441 e. The number of halogens is 2. The molecule has 1 aromatic carbocycles. The minimum atomic E-state index is -4.50. The molecule has 1 aromatic heterocycles. The van der Waals surface area contributed by atoms with Gasteiger partial charge in [-0.05, 0) is 39.0 Å². The molecule has 5 rings (SSSR count). The average molecular weight is 544 g/mol. The van der Waals surface area contributed by atoms with Gasteiger partial charge in [0.05, 0.1) is 24.7 Å². The van der Waals surface area contributed by atoms with Crippen LogP contribution in [0.5, 0.6) is 5.75 Å². The van der Waals surface area contributed by atoms with E-state index in [1.807, 2.05) is 0 Å². The molecule has 3 aliphatic rings. The molecule has 0 saturated carbocycles. The van der Waals surface area contributed by atoms with Crippen molar-refractivity contribution in [3.05, 3.63) is 53.1 Å². The van der Waals surface area contributed by atoms with Crippen LogP contribution in [0.2, 0.25) is 0 Å². The molecule has 0 aliphatic carbocycles. The second kappa shape index (κ2) is 10.1. The lowest BCUT2D eigenvalue weighted by Crippen LogP contribution is -2.49. The summed E-state index contributed by atoms with van der Waals surface area (Å²) in [5.41, 5.74) is -3.36. The highest BCUT2D eigenvalue weighted by molar-refractivity contribution is 7.52. The number of aliphatic hydroxyl groups excluding tert-OH is 1. The number of ether oxygens (including phenoxy) is 2. The van der Waals surface area contributed by atoms with Crippen LogP contribution < -0.4 is 20.6 Å². The first kappa shape index (κ1) is 27.1. The van der Waals surface area contributed by atoms with Crippen molar-refractivity contribution in [1.29, 1.82) is 0 Å². The van der Waals surface area contributed by atoms with Gasteiger partial charge in [0.2, 0.25) is 6.23 Å². The molecule has 1 fully saturated rings. The zero-order valence-corrected chi connectivity index (χ0v) is 21.1. The van der Waals surface area contributed by atoms with E-state index < -0.39 is 68.6 Å². The molecule has 1 saturated heterocycles. The fourth-order valence-electron chi connectivity index (χ4n) is 3.97. The van der Waals surface area contributed by atoms with E-state index >= 15 is 8.78 Å². The Hall–Kier alpha value is -2.90. The molecule has 4 heterocycles. The van der Waals surface area contributed by atoms with Gasteiger partial charge >= 0.3 is 25.3 Å². The molecule has 15 heteroatoms. The van der Waals surface area contributed by atoms with Crippen LogP contribution in [0.4, 0.5) is 14.6 Å². The molecule has 37 heavy (non-hydrogen) atoms. The first-order valence-corrected chi connectivity index (χ1v) is 12.9. The highest BCUT2D eigenvalue weighted by Gasteiger charge is 2.68. The first-order chi connectivity index (χ1) is 17.4. The van der Waals surface area contributed by atoms with Crippen LogP contribution in [0.15, 0.2) is 47.4 Å². The van der Waals surface area contributed by atoms with E-state index in [9.17, 15) is 19.3 Å². The van der Waals surface area contributed by atoms with Gasteiger partial charge in [0.15, 0.2) is 6.23 Å². The van der Waals surface area contributed by atoms with E-state index in [0.29, 0.717) is 4.57 Å². The molecule has 202 valence electrons. The highest BCUT2D eigenvalue weighted by Crippen LogP contribution is 2.57. The van der Waals surface area contributed by atoms with Gasteiger partial charge in [-0.3, -0.25) is 13.9 Å². The van der Waals surface area contributed by atoms with Crippen molar-refractivity contribution in [1.82, 2.24) is 14.6 Å². The number of hydrogen-bond donors (Lipinski definition) is 3. The Kier molecular flexibility index (Phi) is 7.41. The maximum atomic E-state index is 15.9. The van der Waals surface area contributed by atoms with Crippen LogP contribution in [0.3, 0.4) is 0 Å². The van der Waals surface area contributed by atoms with Gasteiger partial charge in [0.25, 0.3) is 0 Å². The molecule has 0 radical (unpaired) electrons. The third kappa shape index (κ3) is 5.25. The highest BCUT2D eigenvalue weighted by atomic mass is 31.2. The number of carbonyl (C=O) groups is 1. The molecule has 0 amide bonds. The number of aromatic nitrogens is 2. The standard InChI is InChI=1S/C22H27F2N4O8P/c1-13-18(30)34-14(2)25-17-9-10-28(20(31)26-17)19-22(23,24)21(3,16(11-29)35-19)12-33-37(32,27-13)36-15-7-5-4-6-8-15/h4-10,13-14,16,19,29H,11-12H2,1-3H3,(H,27,32)(H,25,26,31)/t13-,14?,16+,19-,21?,37?/m0/s1. The van der Waals surface area contributed by atoms with E-state index in [4.69, 9.17) is 18.5 Å². The van der Waals surface area contributed by atoms with Crippen molar-refractivity contribution in [2.24, 2.45) is 5.41 Å². The second-order valence-electron chi connectivity index (χ2n) is 8.95. The molecule has 4 bridgehead atoms. The Bertz CT molecular complexity index is 1250. The average Bonchev–Trinajstić information content (AvgIpc) is 3.03. The fraction of sp³-hybridized carbons (Fsp3) is 0.500. The molecule has 3 N–H and O–H groups in total. The Labute approximate surface area is 210 Å². The number of nitrogens with zero attached hydrogens (tertiary/aromatic N) is 2. The van der Waals surface area contributed by atoms with E-state index in [1.165, 1.54) is 32.0 Å². The summed E-state index contributed by atoms with van der Waals surface area (Å²) in [5.74, 6) is -4.65. The zero-order chi connectivity index (χ0) is 27.0. The predicted molar refractivity (Wildman–Crippen MR) is 125 cm³/mol. The Morgan fingerprint density at radius 1 is 1.24 bits per heavy atom. The number of rotatable bonds is 3. The summed E-state index contributed by atoms with van der Waals surface area (Å²) in [5, 5.41) is 15.0. The van der Waals surface area contributed by atoms with Gasteiger partial charge in [0, 0.05) is 6.20 Å². The number of alkyl halides is 2. The van der Waals surface area contributed by atoms with Crippen LogP contribution in [0, 0.1) is 5.41 Å². The van der Waals surface area contributed by atoms with Crippen molar-refractivity contribution >= 4 is 19.5 Å². The first-order valence-electron chi connectivity index (χ1n) is 11.4. The number of nitrogens with one attached hydrogen (secondary N) is 2. The van der Waals surface area contributed by atoms with E-state index in [-0.39, 0.29) is 11.6 Å². The number of benzene rings is 1. The normalized spacial score (nSPS) is 33.9. The quantitative estimate of drug-likeness (QED) is 0.386. The maximum Gasteiger partial charge on any atom is 0.459 e. The van der Waals surface area contributed by atoms with Crippen LogP contribution in [-0.4, -0.2) is 58.1 Å². The van der Waals surface area contributed by atoms with Crippen LogP contribution in [0.25, 0.3) is 0 Å². The van der Waals surface area contributed by atoms with E-state index in [2.05, 4.69) is 15.4 Å². The van der Waals surface area contributed by atoms with Gasteiger partial charge in [-0.15, -0.1) is 0 Å². The Balaban J connectivity index is 1.78. The van der Waals surface area contributed by atoms with Crippen LogP contribution in [-0.2, 0) is 23.4 Å². The van der Waals surface area contributed by atoms with Crippen molar-refractivity contribution in [2.45, 2.75) is 51.3 Å².